The van der Waals surface area contributed by atoms with Gasteiger partial charge >= 0.3 is 5.97 Å². The fourth-order valence-corrected chi connectivity index (χ4v) is 4.79. The summed E-state index contributed by atoms with van der Waals surface area (Å²) in [7, 11) is 0. The lowest BCUT2D eigenvalue weighted by atomic mass is 9.96. The molecular weight excluding hydrogens is 579 g/mol. The second-order valence-electron chi connectivity index (χ2n) is 9.41. The lowest BCUT2D eigenvalue weighted by Gasteiger charge is -2.29. The number of anilines is 1. The number of hydrogen-bond acceptors (Lipinski definition) is 7. The minimum Gasteiger partial charge on any atom is -0.482 e. The Labute approximate surface area is 255 Å². The average Bonchev–Trinajstić information content (AvgIpc) is 2.98. The number of amidine groups is 1. The minimum absolute atomic E-state index is 0. The second-order valence-corrected chi connectivity index (χ2v) is 10.3. The van der Waals surface area contributed by atoms with E-state index >= 15 is 0 Å². The average molecular weight is 614 g/mol. The Kier molecular flexibility index (Phi) is 11.9. The van der Waals surface area contributed by atoms with Crippen LogP contribution in [0, 0.1) is 5.41 Å². The Morgan fingerprint density at radius 1 is 0.976 bits per heavy atom. The number of ether oxygens (including phenoxy) is 2. The molecule has 0 aliphatic carbocycles. The molecule has 1 aromatic heterocycles. The molecule has 2 heterocycles. The molecule has 0 radical (unpaired) electrons. The third-order valence-corrected chi connectivity index (χ3v) is 6.97. The zero-order valence-electron chi connectivity index (χ0n) is 22.5. The highest BCUT2D eigenvalue weighted by atomic mass is 35.5. The van der Waals surface area contributed by atoms with E-state index in [9.17, 15) is 14.4 Å². The van der Waals surface area contributed by atoms with Crippen LogP contribution in [0.4, 0.5) is 5.82 Å². The number of nitrogens with one attached hydrogen (secondary N) is 2. The first kappa shape index (κ1) is 32.6. The number of amides is 1. The third-order valence-electron chi connectivity index (χ3n) is 6.53. The van der Waals surface area contributed by atoms with E-state index in [-0.39, 0.29) is 54.0 Å². The number of esters is 1. The molecule has 3 aromatic rings. The van der Waals surface area contributed by atoms with Crippen LogP contribution in [0.25, 0.3) is 0 Å². The Balaban J connectivity index is 0.00000484. The van der Waals surface area contributed by atoms with Crippen molar-refractivity contribution in [2.24, 2.45) is 0 Å². The Hall–Kier alpha value is -3.95. The number of likely N-dealkylation sites (tertiary alicyclic amines) is 1. The highest BCUT2D eigenvalue weighted by Crippen LogP contribution is 2.30. The summed E-state index contributed by atoms with van der Waals surface area (Å²) in [6, 6.07) is 12.8. The van der Waals surface area contributed by atoms with Crippen LogP contribution in [0.3, 0.4) is 0 Å². The van der Waals surface area contributed by atoms with Gasteiger partial charge < -0.3 is 19.7 Å². The van der Waals surface area contributed by atoms with Crippen molar-refractivity contribution in [3.05, 3.63) is 87.0 Å². The van der Waals surface area contributed by atoms with Crippen molar-refractivity contribution in [2.75, 3.05) is 31.6 Å². The van der Waals surface area contributed by atoms with Crippen LogP contribution in [0.2, 0.25) is 10.0 Å². The van der Waals surface area contributed by atoms with Gasteiger partial charge in [-0.05, 0) is 50.5 Å². The van der Waals surface area contributed by atoms with Gasteiger partial charge in [0.15, 0.2) is 12.4 Å². The largest absolute Gasteiger partial charge is 0.482 e. The maximum Gasteiger partial charge on any atom is 0.344 e. The summed E-state index contributed by atoms with van der Waals surface area (Å²) in [5.41, 5.74) is 1.46. The van der Waals surface area contributed by atoms with Crippen LogP contribution in [0.15, 0.2) is 54.7 Å². The lowest BCUT2D eigenvalue weighted by molar-refractivity contribution is -0.145. The van der Waals surface area contributed by atoms with Crippen LogP contribution in [-0.2, 0) is 16.0 Å². The number of rotatable bonds is 10. The molecule has 4 rings (SSSR count). The lowest BCUT2D eigenvalue weighted by Crippen LogP contribution is -2.35. The molecule has 0 unspecified atom stereocenters. The normalized spacial score (nSPS) is 12.6. The molecule has 0 bridgehead atoms. The maximum absolute atomic E-state index is 13.4. The quantitative estimate of drug-likeness (QED) is 0.117. The molecule has 2 aromatic carbocycles. The molecule has 0 spiro atoms. The summed E-state index contributed by atoms with van der Waals surface area (Å²) in [5, 5.41) is 11.8. The summed E-state index contributed by atoms with van der Waals surface area (Å²) >= 11 is 12.2. The van der Waals surface area contributed by atoms with E-state index in [1.54, 1.807) is 37.3 Å². The number of halogens is 2. The number of nitrogens with zero attached hydrogens (tertiary/aromatic N) is 2. The number of ketones is 1. The van der Waals surface area contributed by atoms with Gasteiger partial charge in [-0.2, -0.15) is 0 Å². The molecule has 1 saturated heterocycles. The Bertz CT molecular complexity index is 1420. The monoisotopic (exact) mass is 612 g/mol. The molecule has 222 valence electrons. The van der Waals surface area contributed by atoms with E-state index in [2.05, 4.69) is 10.3 Å². The second kappa shape index (κ2) is 15.3. The highest BCUT2D eigenvalue weighted by molar-refractivity contribution is 6.31. The zero-order valence-corrected chi connectivity index (χ0v) is 24.1. The van der Waals surface area contributed by atoms with E-state index < -0.39 is 18.5 Å². The first-order valence-electron chi connectivity index (χ1n) is 13.3. The third kappa shape index (κ3) is 8.53. The van der Waals surface area contributed by atoms with E-state index in [4.69, 9.17) is 38.1 Å². The Morgan fingerprint density at radius 3 is 2.31 bits per heavy atom. The Morgan fingerprint density at radius 2 is 1.67 bits per heavy atom. The minimum atomic E-state index is -0.604. The van der Waals surface area contributed by atoms with Crippen molar-refractivity contribution in [2.45, 2.75) is 40.0 Å². The van der Waals surface area contributed by atoms with Gasteiger partial charge in [-0.3, -0.25) is 15.0 Å². The van der Waals surface area contributed by atoms with Crippen LogP contribution in [0.1, 0.15) is 65.5 Å². The van der Waals surface area contributed by atoms with Crippen molar-refractivity contribution in [3.63, 3.8) is 0 Å². The number of benzene rings is 2. The van der Waals surface area contributed by atoms with Crippen molar-refractivity contribution in [1.82, 2.24) is 9.88 Å². The molecule has 1 aliphatic rings. The van der Waals surface area contributed by atoms with Gasteiger partial charge in [0.2, 0.25) is 0 Å². The van der Waals surface area contributed by atoms with Gasteiger partial charge in [0.1, 0.15) is 17.4 Å². The predicted octanol–water partition coefficient (Wildman–Crippen LogP) is 6.46. The fourth-order valence-electron chi connectivity index (χ4n) is 4.47. The number of hydrogen-bond donors (Lipinski definition) is 2. The zero-order chi connectivity index (χ0) is 29.4. The number of Topliss-reactive ketones (excluding diaryl/α,β-unsaturated/α-hetero) is 1. The van der Waals surface area contributed by atoms with Crippen LogP contribution < -0.4 is 10.1 Å². The molecule has 1 aliphatic heterocycles. The van der Waals surface area contributed by atoms with Crippen molar-refractivity contribution in [3.8, 4) is 5.75 Å². The topological polar surface area (TPSA) is 122 Å². The SMILES string of the molecule is C.CCOC(=O)COc1cc(Cl)cc(C(=O)Nc2ccc(Cl)cn2)c1CC(=O)c1ccc(C(=N)N2CCCCC2)cc1. The van der Waals surface area contributed by atoms with Gasteiger partial charge in [0.05, 0.1) is 11.6 Å². The standard InChI is InChI=1S/C30H30Cl2N4O5.CH4/c1-2-40-28(38)18-41-26-15-22(32)14-24(30(39)35-27-11-10-21(31)17-34-27)23(26)16-25(37)19-6-8-20(9-7-19)29(33)36-12-4-3-5-13-36;/h6-11,14-15,17,33H,2-5,12-13,16,18H2,1H3,(H,34,35,39);1H4. The predicted molar refractivity (Wildman–Crippen MR) is 164 cm³/mol. The molecule has 11 heteroatoms. The van der Waals surface area contributed by atoms with Crippen molar-refractivity contribution >= 4 is 52.5 Å². The number of carbonyl (C=O) groups excluding carboxylic acids is 3. The summed E-state index contributed by atoms with van der Waals surface area (Å²) < 4.78 is 10.6. The number of carbonyl (C=O) groups is 3. The smallest absolute Gasteiger partial charge is 0.344 e. The summed E-state index contributed by atoms with van der Waals surface area (Å²) in [4.78, 5) is 44.9. The van der Waals surface area contributed by atoms with Gasteiger partial charge in [0, 0.05) is 53.0 Å². The first-order chi connectivity index (χ1) is 19.7. The van der Waals surface area contributed by atoms with Gasteiger partial charge in [-0.15, -0.1) is 0 Å². The highest BCUT2D eigenvalue weighted by Gasteiger charge is 2.23. The van der Waals surface area contributed by atoms with Gasteiger partial charge in [-0.1, -0.05) is 54.9 Å². The fraction of sp³-hybridized carbons (Fsp3) is 0.323. The first-order valence-corrected chi connectivity index (χ1v) is 14.0. The molecule has 9 nitrogen and oxygen atoms in total. The van der Waals surface area contributed by atoms with Gasteiger partial charge in [0.25, 0.3) is 5.91 Å². The van der Waals surface area contributed by atoms with Gasteiger partial charge in [-0.25, -0.2) is 9.78 Å². The molecule has 1 amide bonds. The molecular formula is C31H34Cl2N4O5. The van der Waals surface area contributed by atoms with E-state index in [1.807, 2.05) is 4.90 Å². The van der Waals surface area contributed by atoms with Crippen LogP contribution >= 0.6 is 23.2 Å². The molecule has 2 N–H and O–H groups in total. The van der Waals surface area contributed by atoms with E-state index in [1.165, 1.54) is 30.8 Å². The number of pyridine rings is 1. The summed E-state index contributed by atoms with van der Waals surface area (Å²) in [5.74, 6) is -0.674. The summed E-state index contributed by atoms with van der Waals surface area (Å²) in [6.45, 7) is 3.12. The van der Waals surface area contributed by atoms with E-state index in [0.29, 0.717) is 16.4 Å². The molecule has 42 heavy (non-hydrogen) atoms. The molecule has 0 saturated carbocycles. The number of piperidine rings is 1. The van der Waals surface area contributed by atoms with E-state index in [0.717, 1.165) is 31.5 Å². The van der Waals surface area contributed by atoms with Crippen molar-refractivity contribution in [1.29, 1.82) is 5.41 Å². The van der Waals surface area contributed by atoms with Crippen LogP contribution in [0.5, 0.6) is 5.75 Å². The maximum atomic E-state index is 13.4. The summed E-state index contributed by atoms with van der Waals surface area (Å²) in [6.07, 6.45) is 4.47. The molecule has 0 atom stereocenters. The van der Waals surface area contributed by atoms with Crippen molar-refractivity contribution < 1.29 is 23.9 Å². The molecule has 1 fully saturated rings. The number of aromatic nitrogens is 1. The van der Waals surface area contributed by atoms with Crippen LogP contribution in [-0.4, -0.2) is 59.7 Å².